The van der Waals surface area contributed by atoms with E-state index >= 15 is 0 Å². The molecule has 0 bridgehead atoms. The quantitative estimate of drug-likeness (QED) is 0.743. The van der Waals surface area contributed by atoms with Gasteiger partial charge in [-0.2, -0.15) is 0 Å². The highest BCUT2D eigenvalue weighted by molar-refractivity contribution is 5.78. The maximum absolute atomic E-state index is 14.1. The molecule has 0 saturated heterocycles. The van der Waals surface area contributed by atoms with Crippen LogP contribution in [0.1, 0.15) is 11.4 Å². The molecule has 0 aliphatic carbocycles. The Labute approximate surface area is 143 Å². The first-order chi connectivity index (χ1) is 12.0. The summed E-state index contributed by atoms with van der Waals surface area (Å²) in [6, 6.07) is 9.14. The summed E-state index contributed by atoms with van der Waals surface area (Å²) >= 11 is 0. The zero-order chi connectivity index (χ0) is 18.0. The Morgan fingerprint density at radius 3 is 2.84 bits per heavy atom. The number of fused-ring (bicyclic) bond motifs is 1. The number of rotatable bonds is 4. The third-order valence-electron chi connectivity index (χ3n) is 3.82. The van der Waals surface area contributed by atoms with Gasteiger partial charge in [0.25, 0.3) is 5.56 Å². The fourth-order valence-corrected chi connectivity index (χ4v) is 2.69. The molecular weight excluding hydrogens is 324 g/mol. The SMILES string of the molecule is C#CCN(Cc1ccc2nc(C)[nH]c(=O)c2c1)c1cccc(F)c1F. The summed E-state index contributed by atoms with van der Waals surface area (Å²) in [5.41, 5.74) is 1.15. The minimum atomic E-state index is -0.950. The van der Waals surface area contributed by atoms with Crippen LogP contribution in [0.2, 0.25) is 0 Å². The number of aryl methyl sites for hydroxylation is 1. The summed E-state index contributed by atoms with van der Waals surface area (Å²) in [4.78, 5) is 20.5. The van der Waals surface area contributed by atoms with E-state index in [4.69, 9.17) is 6.42 Å². The molecule has 1 aromatic heterocycles. The lowest BCUT2D eigenvalue weighted by molar-refractivity contribution is 0.506. The Kier molecular flexibility index (Phi) is 4.48. The molecular formula is C19H15F2N3O. The Bertz CT molecular complexity index is 1040. The topological polar surface area (TPSA) is 49.0 Å². The van der Waals surface area contributed by atoms with Crippen LogP contribution in [0.4, 0.5) is 14.5 Å². The van der Waals surface area contributed by atoms with Crippen molar-refractivity contribution in [3.05, 3.63) is 69.8 Å². The first kappa shape index (κ1) is 16.7. The summed E-state index contributed by atoms with van der Waals surface area (Å²) in [6.07, 6.45) is 5.37. The summed E-state index contributed by atoms with van der Waals surface area (Å²) in [5, 5.41) is 0.434. The number of nitrogens with zero attached hydrogens (tertiary/aromatic N) is 2. The number of aromatic nitrogens is 2. The van der Waals surface area contributed by atoms with Crippen molar-refractivity contribution in [3.63, 3.8) is 0 Å². The lowest BCUT2D eigenvalue weighted by atomic mass is 10.1. The third kappa shape index (κ3) is 3.36. The zero-order valence-electron chi connectivity index (χ0n) is 13.5. The van der Waals surface area contributed by atoms with E-state index in [9.17, 15) is 13.6 Å². The van der Waals surface area contributed by atoms with Crippen molar-refractivity contribution in [2.75, 3.05) is 11.4 Å². The van der Waals surface area contributed by atoms with Gasteiger partial charge in [0, 0.05) is 6.54 Å². The van der Waals surface area contributed by atoms with Gasteiger partial charge in [0.2, 0.25) is 0 Å². The maximum atomic E-state index is 14.1. The van der Waals surface area contributed by atoms with E-state index < -0.39 is 11.6 Å². The van der Waals surface area contributed by atoms with Gasteiger partial charge < -0.3 is 9.88 Å². The molecule has 3 aromatic rings. The molecule has 0 unspecified atom stereocenters. The molecule has 25 heavy (non-hydrogen) atoms. The van der Waals surface area contributed by atoms with Crippen molar-refractivity contribution < 1.29 is 8.78 Å². The average molecular weight is 339 g/mol. The normalized spacial score (nSPS) is 10.6. The summed E-state index contributed by atoms with van der Waals surface area (Å²) < 4.78 is 27.6. The summed E-state index contributed by atoms with van der Waals surface area (Å²) in [7, 11) is 0. The van der Waals surface area contributed by atoms with Crippen LogP contribution in [-0.2, 0) is 6.54 Å². The smallest absolute Gasteiger partial charge is 0.258 e. The summed E-state index contributed by atoms with van der Waals surface area (Å²) in [5.74, 6) is 1.09. The largest absolute Gasteiger partial charge is 0.354 e. The molecule has 1 N–H and O–H groups in total. The molecule has 4 nitrogen and oxygen atoms in total. The number of benzene rings is 2. The number of hydrogen-bond donors (Lipinski definition) is 1. The lowest BCUT2D eigenvalue weighted by Crippen LogP contribution is -2.24. The molecule has 3 rings (SSSR count). The number of anilines is 1. The number of halogens is 2. The van der Waals surface area contributed by atoms with Gasteiger partial charge in [-0.05, 0) is 36.8 Å². The molecule has 0 spiro atoms. The predicted octanol–water partition coefficient (Wildman–Crippen LogP) is 3.15. The number of terminal acetylenes is 1. The van der Waals surface area contributed by atoms with Crippen molar-refractivity contribution in [1.82, 2.24) is 9.97 Å². The molecule has 0 saturated carbocycles. The third-order valence-corrected chi connectivity index (χ3v) is 3.82. The minimum absolute atomic E-state index is 0.0778. The van der Waals surface area contributed by atoms with Gasteiger partial charge in [0.05, 0.1) is 23.1 Å². The minimum Gasteiger partial charge on any atom is -0.354 e. The van der Waals surface area contributed by atoms with Gasteiger partial charge in [-0.3, -0.25) is 4.79 Å². The second kappa shape index (κ2) is 6.73. The van der Waals surface area contributed by atoms with E-state index in [1.165, 1.54) is 17.0 Å². The molecule has 0 amide bonds. The lowest BCUT2D eigenvalue weighted by Gasteiger charge is -2.23. The molecule has 0 aliphatic rings. The number of nitrogens with one attached hydrogen (secondary N) is 1. The van der Waals surface area contributed by atoms with Gasteiger partial charge in [-0.25, -0.2) is 13.8 Å². The van der Waals surface area contributed by atoms with Crippen LogP contribution in [0.25, 0.3) is 10.9 Å². The van der Waals surface area contributed by atoms with Crippen LogP contribution in [0, 0.1) is 30.9 Å². The second-order valence-corrected chi connectivity index (χ2v) is 5.64. The molecule has 2 aromatic carbocycles. The van der Waals surface area contributed by atoms with Gasteiger partial charge in [-0.15, -0.1) is 6.42 Å². The fraction of sp³-hybridized carbons (Fsp3) is 0.158. The van der Waals surface area contributed by atoms with E-state index in [2.05, 4.69) is 15.9 Å². The highest BCUT2D eigenvalue weighted by Gasteiger charge is 2.15. The second-order valence-electron chi connectivity index (χ2n) is 5.64. The van der Waals surface area contributed by atoms with Crippen molar-refractivity contribution >= 4 is 16.6 Å². The Hall–Kier alpha value is -3.20. The average Bonchev–Trinajstić information content (AvgIpc) is 2.57. The van der Waals surface area contributed by atoms with Gasteiger partial charge in [0.15, 0.2) is 11.6 Å². The highest BCUT2D eigenvalue weighted by atomic mass is 19.2. The Balaban J connectivity index is 2.01. The van der Waals surface area contributed by atoms with E-state index in [-0.39, 0.29) is 24.3 Å². The summed E-state index contributed by atoms with van der Waals surface area (Å²) in [6.45, 7) is 2.03. The molecule has 0 atom stereocenters. The number of H-pyrrole nitrogens is 1. The van der Waals surface area contributed by atoms with Crippen LogP contribution < -0.4 is 10.5 Å². The van der Waals surface area contributed by atoms with Crippen molar-refractivity contribution in [2.24, 2.45) is 0 Å². The monoisotopic (exact) mass is 339 g/mol. The Morgan fingerprint density at radius 1 is 1.28 bits per heavy atom. The van der Waals surface area contributed by atoms with E-state index in [0.717, 1.165) is 11.6 Å². The van der Waals surface area contributed by atoms with E-state index in [0.29, 0.717) is 16.7 Å². The standard InChI is InChI=1S/C19H15F2N3O/c1-3-9-24(17-6-4-5-15(20)18(17)21)11-13-7-8-16-14(10-13)19(25)23-12(2)22-16/h1,4-8,10H,9,11H2,2H3,(H,22,23,25). The van der Waals surface area contributed by atoms with Gasteiger partial charge in [-0.1, -0.05) is 18.1 Å². The van der Waals surface area contributed by atoms with Crippen molar-refractivity contribution in [3.8, 4) is 12.3 Å². The van der Waals surface area contributed by atoms with Crippen LogP contribution >= 0.6 is 0 Å². The molecule has 1 heterocycles. The zero-order valence-corrected chi connectivity index (χ0v) is 13.5. The highest BCUT2D eigenvalue weighted by Crippen LogP contribution is 2.23. The van der Waals surface area contributed by atoms with E-state index in [1.807, 2.05) is 0 Å². The molecule has 0 radical (unpaired) electrons. The van der Waals surface area contributed by atoms with Crippen LogP contribution in [-0.4, -0.2) is 16.5 Å². The Morgan fingerprint density at radius 2 is 2.08 bits per heavy atom. The van der Waals surface area contributed by atoms with E-state index in [1.54, 1.807) is 25.1 Å². The van der Waals surface area contributed by atoms with Gasteiger partial charge in [0.1, 0.15) is 5.82 Å². The molecule has 6 heteroatoms. The predicted molar refractivity (Wildman–Crippen MR) is 93.3 cm³/mol. The maximum Gasteiger partial charge on any atom is 0.258 e. The van der Waals surface area contributed by atoms with Crippen molar-refractivity contribution in [1.29, 1.82) is 0 Å². The molecule has 0 fully saturated rings. The van der Waals surface area contributed by atoms with Crippen molar-refractivity contribution in [2.45, 2.75) is 13.5 Å². The fourth-order valence-electron chi connectivity index (χ4n) is 2.69. The van der Waals surface area contributed by atoms with Crippen LogP contribution in [0.3, 0.4) is 0 Å². The first-order valence-electron chi connectivity index (χ1n) is 7.61. The van der Waals surface area contributed by atoms with Gasteiger partial charge >= 0.3 is 0 Å². The molecule has 0 aliphatic heterocycles. The van der Waals surface area contributed by atoms with Crippen LogP contribution in [0.5, 0.6) is 0 Å². The van der Waals surface area contributed by atoms with Crippen LogP contribution in [0.15, 0.2) is 41.2 Å². The first-order valence-corrected chi connectivity index (χ1v) is 7.61. The number of aromatic amines is 1. The number of hydrogen-bond acceptors (Lipinski definition) is 3. The molecule has 126 valence electrons.